The van der Waals surface area contributed by atoms with E-state index < -0.39 is 0 Å². The largest absolute Gasteiger partial charge is 0.504 e. The summed E-state index contributed by atoms with van der Waals surface area (Å²) in [4.78, 5) is 6.29. The first kappa shape index (κ1) is 14.0. The lowest BCUT2D eigenvalue weighted by Crippen LogP contribution is -2.14. The van der Waals surface area contributed by atoms with Gasteiger partial charge in [0.1, 0.15) is 5.82 Å². The van der Waals surface area contributed by atoms with Crippen LogP contribution in [0.1, 0.15) is 5.56 Å². The van der Waals surface area contributed by atoms with Crippen LogP contribution in [-0.2, 0) is 13.5 Å². The molecular weight excluding hydrogens is 256 g/mol. The molecule has 0 atom stereocenters. The lowest BCUT2D eigenvalue weighted by Gasteiger charge is -2.14. The Balaban J connectivity index is 1.98. The molecule has 20 heavy (non-hydrogen) atoms. The van der Waals surface area contributed by atoms with Crippen molar-refractivity contribution in [2.45, 2.75) is 6.42 Å². The van der Waals surface area contributed by atoms with Crippen LogP contribution in [0.15, 0.2) is 24.4 Å². The number of phenols is 2. The summed E-state index contributed by atoms with van der Waals surface area (Å²) in [5.41, 5.74) is 0.708. The van der Waals surface area contributed by atoms with Crippen molar-refractivity contribution in [1.82, 2.24) is 9.55 Å². The monoisotopic (exact) mass is 276 g/mol. The number of aromatic hydroxyl groups is 2. The van der Waals surface area contributed by atoms with Gasteiger partial charge in [-0.3, -0.25) is 0 Å². The van der Waals surface area contributed by atoms with Crippen molar-refractivity contribution in [1.29, 1.82) is 0 Å². The Morgan fingerprint density at radius 1 is 1.30 bits per heavy atom. The summed E-state index contributed by atoms with van der Waals surface area (Å²) in [7, 11) is 5.87. The van der Waals surface area contributed by atoms with Crippen molar-refractivity contribution in [2.75, 3.05) is 30.9 Å². The minimum absolute atomic E-state index is 0.0527. The van der Waals surface area contributed by atoms with Gasteiger partial charge in [-0.05, 0) is 18.1 Å². The topological polar surface area (TPSA) is 73.6 Å². The minimum atomic E-state index is -0.0885. The maximum Gasteiger partial charge on any atom is 0.204 e. The lowest BCUT2D eigenvalue weighted by molar-refractivity contribution is 0.399. The van der Waals surface area contributed by atoms with E-state index in [-0.39, 0.29) is 11.5 Å². The van der Waals surface area contributed by atoms with Crippen LogP contribution in [0.4, 0.5) is 11.8 Å². The lowest BCUT2D eigenvalue weighted by atomic mass is 10.1. The van der Waals surface area contributed by atoms with Gasteiger partial charge in [0.05, 0.1) is 6.20 Å². The van der Waals surface area contributed by atoms with E-state index in [0.717, 1.165) is 11.8 Å². The van der Waals surface area contributed by atoms with E-state index in [1.165, 1.54) is 6.07 Å². The smallest absolute Gasteiger partial charge is 0.204 e. The van der Waals surface area contributed by atoms with Crippen molar-refractivity contribution in [2.24, 2.45) is 7.05 Å². The quantitative estimate of drug-likeness (QED) is 0.723. The summed E-state index contributed by atoms with van der Waals surface area (Å²) in [6, 6.07) is 4.98. The highest BCUT2D eigenvalue weighted by Gasteiger charge is 2.08. The molecule has 1 aromatic heterocycles. The summed E-state index contributed by atoms with van der Waals surface area (Å²) in [5, 5.41) is 22.4. The van der Waals surface area contributed by atoms with E-state index in [1.54, 1.807) is 18.3 Å². The Kier molecular flexibility index (Phi) is 4.02. The fourth-order valence-corrected chi connectivity index (χ4v) is 2.07. The van der Waals surface area contributed by atoms with E-state index in [2.05, 4.69) is 10.3 Å². The van der Waals surface area contributed by atoms with Gasteiger partial charge < -0.3 is 25.0 Å². The SMILES string of the molecule is CN(C)c1cnc(NCCc2cccc(O)c2O)n1C. The number of aromatic nitrogens is 2. The normalized spacial score (nSPS) is 10.6. The summed E-state index contributed by atoms with van der Waals surface area (Å²) in [5.74, 6) is 1.64. The Morgan fingerprint density at radius 2 is 2.05 bits per heavy atom. The van der Waals surface area contributed by atoms with Crippen molar-refractivity contribution < 1.29 is 10.2 Å². The number of hydrogen-bond donors (Lipinski definition) is 3. The number of hydrogen-bond acceptors (Lipinski definition) is 5. The third-order valence-electron chi connectivity index (χ3n) is 3.20. The zero-order valence-electron chi connectivity index (χ0n) is 12.0. The number of benzene rings is 1. The highest BCUT2D eigenvalue weighted by Crippen LogP contribution is 2.28. The van der Waals surface area contributed by atoms with Crippen LogP contribution in [0, 0.1) is 0 Å². The van der Waals surface area contributed by atoms with Crippen LogP contribution in [0.2, 0.25) is 0 Å². The molecule has 6 heteroatoms. The minimum Gasteiger partial charge on any atom is -0.504 e. The van der Waals surface area contributed by atoms with E-state index in [9.17, 15) is 10.2 Å². The molecule has 2 rings (SSSR count). The van der Waals surface area contributed by atoms with Gasteiger partial charge in [0, 0.05) is 27.7 Å². The maximum atomic E-state index is 9.72. The molecule has 2 aromatic rings. The van der Waals surface area contributed by atoms with E-state index in [1.807, 2.05) is 30.6 Å². The second-order valence-corrected chi connectivity index (χ2v) is 4.86. The molecule has 0 aliphatic rings. The third kappa shape index (κ3) is 2.79. The summed E-state index contributed by atoms with van der Waals surface area (Å²) >= 11 is 0. The molecule has 0 bridgehead atoms. The van der Waals surface area contributed by atoms with Gasteiger partial charge in [-0.2, -0.15) is 0 Å². The number of nitrogens with one attached hydrogen (secondary N) is 1. The average Bonchev–Trinajstić information content (AvgIpc) is 2.76. The predicted octanol–water partition coefficient (Wildman–Crippen LogP) is 1.55. The van der Waals surface area contributed by atoms with Crippen LogP contribution in [0.3, 0.4) is 0 Å². The van der Waals surface area contributed by atoms with Gasteiger partial charge in [-0.15, -0.1) is 0 Å². The van der Waals surface area contributed by atoms with Crippen molar-refractivity contribution >= 4 is 11.8 Å². The molecule has 0 spiro atoms. The van der Waals surface area contributed by atoms with Crippen molar-refractivity contribution in [3.05, 3.63) is 30.0 Å². The first-order valence-corrected chi connectivity index (χ1v) is 6.43. The zero-order valence-corrected chi connectivity index (χ0v) is 12.0. The van der Waals surface area contributed by atoms with E-state index in [4.69, 9.17) is 0 Å². The number of anilines is 2. The fraction of sp³-hybridized carbons (Fsp3) is 0.357. The molecule has 108 valence electrons. The van der Waals surface area contributed by atoms with Gasteiger partial charge in [-0.1, -0.05) is 12.1 Å². The molecule has 0 fully saturated rings. The van der Waals surface area contributed by atoms with Gasteiger partial charge >= 0.3 is 0 Å². The molecule has 0 saturated heterocycles. The van der Waals surface area contributed by atoms with E-state index >= 15 is 0 Å². The first-order valence-electron chi connectivity index (χ1n) is 6.43. The molecule has 6 nitrogen and oxygen atoms in total. The number of rotatable bonds is 5. The van der Waals surface area contributed by atoms with Gasteiger partial charge in [0.25, 0.3) is 0 Å². The molecule has 0 unspecified atom stereocenters. The fourth-order valence-electron chi connectivity index (χ4n) is 2.07. The van der Waals surface area contributed by atoms with Crippen LogP contribution < -0.4 is 10.2 Å². The third-order valence-corrected chi connectivity index (χ3v) is 3.20. The Hall–Kier alpha value is -2.37. The maximum absolute atomic E-state index is 9.72. The summed E-state index contributed by atoms with van der Waals surface area (Å²) in [6.45, 7) is 0.620. The van der Waals surface area contributed by atoms with Crippen molar-refractivity contribution in [3.8, 4) is 11.5 Å². The first-order chi connectivity index (χ1) is 9.50. The molecule has 1 heterocycles. The van der Waals surface area contributed by atoms with Crippen molar-refractivity contribution in [3.63, 3.8) is 0 Å². The molecule has 0 aliphatic heterocycles. The van der Waals surface area contributed by atoms with E-state index in [0.29, 0.717) is 18.5 Å². The molecule has 0 amide bonds. The highest BCUT2D eigenvalue weighted by molar-refractivity contribution is 5.46. The molecule has 1 aromatic carbocycles. The number of nitrogens with zero attached hydrogens (tertiary/aromatic N) is 3. The summed E-state index contributed by atoms with van der Waals surface area (Å²) in [6.07, 6.45) is 2.40. The molecule has 0 aliphatic carbocycles. The van der Waals surface area contributed by atoms with Crippen LogP contribution >= 0.6 is 0 Å². The average molecular weight is 276 g/mol. The van der Waals surface area contributed by atoms with Gasteiger partial charge in [0.2, 0.25) is 5.95 Å². The van der Waals surface area contributed by atoms with Crippen LogP contribution in [0.5, 0.6) is 11.5 Å². The standard InChI is InChI=1S/C14H20N4O2/c1-17(2)12-9-16-14(18(12)3)15-8-7-10-5-4-6-11(19)13(10)20/h4-6,9,19-20H,7-8H2,1-3H3,(H,15,16). The Bertz CT molecular complexity index is 593. The van der Waals surface area contributed by atoms with Gasteiger partial charge in [-0.25, -0.2) is 4.98 Å². The van der Waals surface area contributed by atoms with Crippen LogP contribution in [-0.4, -0.2) is 40.4 Å². The predicted molar refractivity (Wildman–Crippen MR) is 79.5 cm³/mol. The summed E-state index contributed by atoms with van der Waals surface area (Å²) < 4.78 is 1.96. The molecular formula is C14H20N4O2. The zero-order chi connectivity index (χ0) is 14.7. The highest BCUT2D eigenvalue weighted by atomic mass is 16.3. The second-order valence-electron chi connectivity index (χ2n) is 4.86. The Labute approximate surface area is 118 Å². The van der Waals surface area contributed by atoms with Gasteiger partial charge in [0.15, 0.2) is 11.5 Å². The number of phenolic OH excluding ortho intramolecular Hbond substituents is 2. The number of imidazole rings is 1. The molecule has 3 N–H and O–H groups in total. The molecule has 0 radical (unpaired) electrons. The second kappa shape index (κ2) is 5.73. The number of para-hydroxylation sites is 1. The Morgan fingerprint density at radius 3 is 2.70 bits per heavy atom. The molecule has 0 saturated carbocycles. The van der Waals surface area contributed by atoms with Crippen LogP contribution in [0.25, 0.3) is 0 Å².